The number of benzene rings is 1. The minimum atomic E-state index is -2.50. The molecule has 1 heterocycles. The molecule has 0 bridgehead atoms. The van der Waals surface area contributed by atoms with E-state index >= 15 is 0 Å². The Morgan fingerprint density at radius 3 is 2.56 bits per heavy atom. The maximum Gasteiger partial charge on any atom is 0.358 e. The normalized spacial score (nSPS) is 10.7. The molecule has 6 heteroatoms. The Kier molecular flexibility index (Phi) is 3.66. The van der Waals surface area contributed by atoms with Crippen molar-refractivity contribution in [1.29, 1.82) is 0 Å². The Morgan fingerprint density at radius 2 is 2.00 bits per heavy atom. The quantitative estimate of drug-likeness (QED) is 0.800. The molecule has 0 saturated heterocycles. The molecule has 2 aromatic rings. The molecule has 0 N–H and O–H groups in total. The molecule has 1 aromatic heterocycles. The lowest BCUT2D eigenvalue weighted by Gasteiger charge is -2.03. The number of esters is 1. The molecular formula is C12H9F2NO2S. The predicted octanol–water partition coefficient (Wildman–Crippen LogP) is 3.53. The van der Waals surface area contributed by atoms with E-state index < -0.39 is 12.4 Å². The molecule has 0 saturated carbocycles. The first-order valence-electron chi connectivity index (χ1n) is 5.03. The van der Waals surface area contributed by atoms with Crippen LogP contribution in [0.5, 0.6) is 0 Å². The topological polar surface area (TPSA) is 39.2 Å². The molecule has 1 aromatic carbocycles. The zero-order chi connectivity index (χ0) is 13.1. The lowest BCUT2D eigenvalue weighted by Crippen LogP contribution is -2.02. The molecule has 0 unspecified atom stereocenters. The van der Waals surface area contributed by atoms with Crippen molar-refractivity contribution in [1.82, 2.24) is 4.98 Å². The second-order valence-corrected chi connectivity index (χ2v) is 4.30. The van der Waals surface area contributed by atoms with Crippen molar-refractivity contribution in [3.63, 3.8) is 0 Å². The van der Waals surface area contributed by atoms with E-state index in [4.69, 9.17) is 0 Å². The van der Waals surface area contributed by atoms with Gasteiger partial charge in [-0.05, 0) is 5.56 Å². The second-order valence-electron chi connectivity index (χ2n) is 3.44. The molecule has 2 rings (SSSR count). The summed E-state index contributed by atoms with van der Waals surface area (Å²) in [6.07, 6.45) is -2.50. The van der Waals surface area contributed by atoms with E-state index in [1.807, 2.05) is 0 Å². The summed E-state index contributed by atoms with van der Waals surface area (Å²) < 4.78 is 29.4. The number of carbonyl (C=O) groups is 1. The molecule has 0 aliphatic rings. The van der Waals surface area contributed by atoms with Crippen LogP contribution in [0.25, 0.3) is 10.4 Å². The third-order valence-electron chi connectivity index (χ3n) is 2.37. The first-order chi connectivity index (χ1) is 8.63. The van der Waals surface area contributed by atoms with Crippen molar-refractivity contribution in [3.8, 4) is 10.4 Å². The summed E-state index contributed by atoms with van der Waals surface area (Å²) in [5.74, 6) is -0.538. The van der Waals surface area contributed by atoms with Crippen LogP contribution < -0.4 is 0 Å². The molecule has 0 radical (unpaired) electrons. The van der Waals surface area contributed by atoms with Crippen LogP contribution in [0, 0.1) is 0 Å². The van der Waals surface area contributed by atoms with Gasteiger partial charge in [0.25, 0.3) is 6.43 Å². The molecule has 0 amide bonds. The van der Waals surface area contributed by atoms with E-state index in [-0.39, 0.29) is 11.3 Å². The Morgan fingerprint density at radius 1 is 1.33 bits per heavy atom. The van der Waals surface area contributed by atoms with Crippen LogP contribution in [-0.2, 0) is 4.74 Å². The van der Waals surface area contributed by atoms with Crippen molar-refractivity contribution >= 4 is 17.3 Å². The fourth-order valence-corrected chi connectivity index (χ4v) is 2.26. The van der Waals surface area contributed by atoms with E-state index in [1.165, 1.54) is 36.1 Å². The predicted molar refractivity (Wildman–Crippen MR) is 63.8 cm³/mol. The van der Waals surface area contributed by atoms with Crippen molar-refractivity contribution < 1.29 is 18.3 Å². The fraction of sp³-hybridized carbons (Fsp3) is 0.167. The van der Waals surface area contributed by atoms with E-state index in [2.05, 4.69) is 9.72 Å². The van der Waals surface area contributed by atoms with Gasteiger partial charge in [-0.1, -0.05) is 24.3 Å². The number of methoxy groups -OCH3 is 1. The van der Waals surface area contributed by atoms with Crippen molar-refractivity contribution in [3.05, 3.63) is 41.0 Å². The van der Waals surface area contributed by atoms with Gasteiger partial charge in [0.15, 0.2) is 5.69 Å². The van der Waals surface area contributed by atoms with Gasteiger partial charge in [-0.25, -0.2) is 18.6 Å². The van der Waals surface area contributed by atoms with Crippen LogP contribution in [0.15, 0.2) is 29.8 Å². The average molecular weight is 269 g/mol. The van der Waals surface area contributed by atoms with Gasteiger partial charge in [-0.15, -0.1) is 11.3 Å². The van der Waals surface area contributed by atoms with E-state index in [0.717, 1.165) is 0 Å². The number of carbonyl (C=O) groups excluding carboxylic acids is 1. The van der Waals surface area contributed by atoms with Gasteiger partial charge in [0.2, 0.25) is 0 Å². The largest absolute Gasteiger partial charge is 0.464 e. The minimum absolute atomic E-state index is 0.0529. The van der Waals surface area contributed by atoms with E-state index in [1.54, 1.807) is 12.1 Å². The van der Waals surface area contributed by atoms with Gasteiger partial charge in [0.05, 0.1) is 17.5 Å². The van der Waals surface area contributed by atoms with Crippen LogP contribution in [0.3, 0.4) is 0 Å². The molecule has 0 fully saturated rings. The van der Waals surface area contributed by atoms with Gasteiger partial charge in [0, 0.05) is 5.56 Å². The number of nitrogens with zero attached hydrogens (tertiary/aromatic N) is 1. The molecule has 3 nitrogen and oxygen atoms in total. The Bertz CT molecular complexity index is 551. The summed E-state index contributed by atoms with van der Waals surface area (Å²) in [5.41, 5.74) is 2.33. The van der Waals surface area contributed by atoms with E-state index in [9.17, 15) is 13.6 Å². The van der Waals surface area contributed by atoms with E-state index in [0.29, 0.717) is 10.4 Å². The summed E-state index contributed by atoms with van der Waals surface area (Å²) in [4.78, 5) is 16.0. The summed E-state index contributed by atoms with van der Waals surface area (Å²) >= 11 is 1.26. The number of ether oxygens (including phenoxy) is 1. The standard InChI is InChI=1S/C12H9F2NO2S/c1-17-12(16)9-10(18-6-15-9)7-2-4-8(5-3-7)11(13)14/h2-6,11H,1H3. The number of hydrogen-bond acceptors (Lipinski definition) is 4. The highest BCUT2D eigenvalue weighted by Crippen LogP contribution is 2.29. The van der Waals surface area contributed by atoms with Crippen LogP contribution in [0.4, 0.5) is 8.78 Å². The summed E-state index contributed by atoms with van der Waals surface area (Å²) in [6.45, 7) is 0. The molecule has 0 spiro atoms. The maximum absolute atomic E-state index is 12.4. The third kappa shape index (κ3) is 2.38. The maximum atomic E-state index is 12.4. The summed E-state index contributed by atoms with van der Waals surface area (Å²) in [6, 6.07) is 5.75. The SMILES string of the molecule is COC(=O)c1ncsc1-c1ccc(C(F)F)cc1. The molecule has 18 heavy (non-hydrogen) atoms. The molecule has 0 atom stereocenters. The summed E-state index contributed by atoms with van der Waals surface area (Å²) in [7, 11) is 1.27. The number of aromatic nitrogens is 1. The number of hydrogen-bond donors (Lipinski definition) is 0. The first kappa shape index (κ1) is 12.6. The highest BCUT2D eigenvalue weighted by molar-refractivity contribution is 7.13. The fourth-order valence-electron chi connectivity index (χ4n) is 1.47. The zero-order valence-electron chi connectivity index (χ0n) is 9.39. The number of thiazole rings is 1. The minimum Gasteiger partial charge on any atom is -0.464 e. The van der Waals surface area contributed by atoms with Gasteiger partial charge < -0.3 is 4.74 Å². The Balaban J connectivity index is 2.37. The number of halogens is 2. The Labute approximate surface area is 106 Å². The van der Waals surface area contributed by atoms with Crippen molar-refractivity contribution in [2.75, 3.05) is 7.11 Å². The lowest BCUT2D eigenvalue weighted by molar-refractivity contribution is 0.0596. The monoisotopic (exact) mass is 269 g/mol. The smallest absolute Gasteiger partial charge is 0.358 e. The number of rotatable bonds is 3. The molecule has 0 aliphatic heterocycles. The first-order valence-corrected chi connectivity index (χ1v) is 5.91. The Hall–Kier alpha value is -1.82. The highest BCUT2D eigenvalue weighted by Gasteiger charge is 2.17. The van der Waals surface area contributed by atoms with Gasteiger partial charge in [-0.3, -0.25) is 0 Å². The van der Waals surface area contributed by atoms with Crippen molar-refractivity contribution in [2.24, 2.45) is 0 Å². The molecule has 0 aliphatic carbocycles. The third-order valence-corrected chi connectivity index (χ3v) is 3.25. The van der Waals surface area contributed by atoms with Gasteiger partial charge in [-0.2, -0.15) is 0 Å². The molecule has 94 valence electrons. The van der Waals surface area contributed by atoms with Crippen LogP contribution in [-0.4, -0.2) is 18.1 Å². The van der Waals surface area contributed by atoms with Gasteiger partial charge >= 0.3 is 5.97 Å². The highest BCUT2D eigenvalue weighted by atomic mass is 32.1. The van der Waals surface area contributed by atoms with Crippen LogP contribution in [0.1, 0.15) is 22.5 Å². The van der Waals surface area contributed by atoms with Gasteiger partial charge in [0.1, 0.15) is 0 Å². The van der Waals surface area contributed by atoms with Crippen LogP contribution in [0.2, 0.25) is 0 Å². The summed E-state index contributed by atoms with van der Waals surface area (Å²) in [5, 5.41) is 0. The van der Waals surface area contributed by atoms with Crippen LogP contribution >= 0.6 is 11.3 Å². The zero-order valence-corrected chi connectivity index (χ0v) is 10.2. The molecular weight excluding hydrogens is 260 g/mol. The van der Waals surface area contributed by atoms with Crippen molar-refractivity contribution in [2.45, 2.75) is 6.43 Å². The number of alkyl halides is 2. The second kappa shape index (κ2) is 5.22. The average Bonchev–Trinajstić information content (AvgIpc) is 2.87. The lowest BCUT2D eigenvalue weighted by atomic mass is 10.1.